The number of hydrogen-bond donors (Lipinski definition) is 1. The minimum Gasteiger partial charge on any atom is -0.497 e. The van der Waals surface area contributed by atoms with Crippen LogP contribution >= 0.6 is 27.3 Å². The largest absolute Gasteiger partial charge is 0.497 e. The second kappa shape index (κ2) is 8.17. The lowest BCUT2D eigenvalue weighted by molar-refractivity contribution is 0.415. The van der Waals surface area contributed by atoms with Crippen LogP contribution in [0.2, 0.25) is 0 Å². The molecular formula is C20H16BrN3OS. The van der Waals surface area contributed by atoms with Gasteiger partial charge < -0.3 is 10.1 Å². The summed E-state index contributed by atoms with van der Waals surface area (Å²) < 4.78 is 6.12. The predicted molar refractivity (Wildman–Crippen MR) is 110 cm³/mol. The Kier molecular flexibility index (Phi) is 5.71. The van der Waals surface area contributed by atoms with E-state index >= 15 is 0 Å². The molecular weight excluding hydrogens is 410 g/mol. The number of rotatable bonds is 5. The molecule has 0 fully saturated rings. The van der Waals surface area contributed by atoms with Crippen molar-refractivity contribution < 1.29 is 4.74 Å². The number of hydrogen-bond acceptors (Lipinski definition) is 5. The summed E-state index contributed by atoms with van der Waals surface area (Å²) in [7, 11) is 1.64. The number of methoxy groups -OCH3 is 1. The molecule has 0 saturated heterocycles. The molecule has 3 rings (SSSR count). The number of aryl methyl sites for hydroxylation is 1. The smallest absolute Gasteiger partial charge is 0.136 e. The van der Waals surface area contributed by atoms with Gasteiger partial charge in [0, 0.05) is 21.6 Å². The van der Waals surface area contributed by atoms with Crippen LogP contribution in [0.25, 0.3) is 16.8 Å². The number of ether oxygens (including phenoxy) is 1. The van der Waals surface area contributed by atoms with Crippen molar-refractivity contribution in [2.75, 3.05) is 12.4 Å². The van der Waals surface area contributed by atoms with Crippen molar-refractivity contribution in [3.63, 3.8) is 0 Å². The first-order chi connectivity index (χ1) is 12.6. The van der Waals surface area contributed by atoms with E-state index < -0.39 is 0 Å². The molecule has 0 aliphatic carbocycles. The maximum absolute atomic E-state index is 9.50. The van der Waals surface area contributed by atoms with Gasteiger partial charge in [0.1, 0.15) is 22.4 Å². The molecule has 0 aliphatic heterocycles. The number of nitrogens with zero attached hydrogens (tertiary/aromatic N) is 2. The fourth-order valence-corrected chi connectivity index (χ4v) is 3.72. The summed E-state index contributed by atoms with van der Waals surface area (Å²) in [5.41, 5.74) is 4.37. The molecule has 0 aliphatic rings. The summed E-state index contributed by atoms with van der Waals surface area (Å²) >= 11 is 4.97. The highest BCUT2D eigenvalue weighted by atomic mass is 79.9. The van der Waals surface area contributed by atoms with Crippen molar-refractivity contribution in [3.8, 4) is 23.1 Å². The molecule has 0 saturated carbocycles. The van der Waals surface area contributed by atoms with E-state index in [1.807, 2.05) is 54.8 Å². The number of allylic oxidation sites excluding steroid dienone is 1. The second-order valence-electron chi connectivity index (χ2n) is 5.56. The molecule has 3 aromatic rings. The van der Waals surface area contributed by atoms with Gasteiger partial charge in [-0.05, 0) is 64.8 Å². The van der Waals surface area contributed by atoms with Crippen molar-refractivity contribution in [1.82, 2.24) is 4.98 Å². The number of aromatic nitrogens is 1. The van der Waals surface area contributed by atoms with E-state index in [0.717, 1.165) is 32.7 Å². The van der Waals surface area contributed by atoms with E-state index in [4.69, 9.17) is 4.74 Å². The summed E-state index contributed by atoms with van der Waals surface area (Å²) in [6.07, 6.45) is 1.69. The SMILES string of the molecule is COc1ccc(-c2csc(/C(C#N)=C/Nc3ccc(C)cc3Br)n2)cc1. The fourth-order valence-electron chi connectivity index (χ4n) is 2.32. The van der Waals surface area contributed by atoms with Crippen molar-refractivity contribution >= 4 is 38.5 Å². The summed E-state index contributed by atoms with van der Waals surface area (Å²) in [5, 5.41) is 15.3. The van der Waals surface area contributed by atoms with Crippen LogP contribution in [-0.4, -0.2) is 12.1 Å². The van der Waals surface area contributed by atoms with E-state index in [-0.39, 0.29) is 0 Å². The van der Waals surface area contributed by atoms with Crippen molar-refractivity contribution in [3.05, 3.63) is 69.1 Å². The summed E-state index contributed by atoms with van der Waals surface area (Å²) in [6.45, 7) is 2.03. The van der Waals surface area contributed by atoms with Crippen LogP contribution in [0.5, 0.6) is 5.75 Å². The zero-order valence-electron chi connectivity index (χ0n) is 14.3. The number of halogens is 1. The normalized spacial score (nSPS) is 11.1. The van der Waals surface area contributed by atoms with Crippen LogP contribution in [0.4, 0.5) is 5.69 Å². The monoisotopic (exact) mass is 425 g/mol. The van der Waals surface area contributed by atoms with Gasteiger partial charge in [-0.15, -0.1) is 11.3 Å². The zero-order valence-corrected chi connectivity index (χ0v) is 16.7. The summed E-state index contributed by atoms with van der Waals surface area (Å²) in [5.74, 6) is 0.801. The predicted octanol–water partition coefficient (Wildman–Crippen LogP) is 5.87. The van der Waals surface area contributed by atoms with Gasteiger partial charge in [-0.1, -0.05) is 6.07 Å². The highest BCUT2D eigenvalue weighted by Crippen LogP contribution is 2.28. The molecule has 1 aromatic heterocycles. The Balaban J connectivity index is 1.82. The molecule has 1 heterocycles. The van der Waals surface area contributed by atoms with Crippen LogP contribution in [0.3, 0.4) is 0 Å². The third-order valence-corrected chi connectivity index (χ3v) is 5.27. The lowest BCUT2D eigenvalue weighted by Crippen LogP contribution is -1.92. The first-order valence-corrected chi connectivity index (χ1v) is 9.51. The topological polar surface area (TPSA) is 57.9 Å². The van der Waals surface area contributed by atoms with Crippen LogP contribution in [0.1, 0.15) is 10.6 Å². The van der Waals surface area contributed by atoms with E-state index in [1.165, 1.54) is 11.3 Å². The lowest BCUT2D eigenvalue weighted by Gasteiger charge is -2.05. The molecule has 1 N–H and O–H groups in total. The van der Waals surface area contributed by atoms with Gasteiger partial charge in [-0.2, -0.15) is 5.26 Å². The molecule has 2 aromatic carbocycles. The summed E-state index contributed by atoms with van der Waals surface area (Å²) in [6, 6.07) is 15.9. The Bertz CT molecular complexity index is 987. The lowest BCUT2D eigenvalue weighted by atomic mass is 10.2. The average molecular weight is 426 g/mol. The van der Waals surface area contributed by atoms with Crippen LogP contribution in [-0.2, 0) is 0 Å². The fraction of sp³-hybridized carbons (Fsp3) is 0.100. The Labute approximate surface area is 164 Å². The number of nitriles is 1. The molecule has 0 spiro atoms. The molecule has 0 radical (unpaired) electrons. The number of thiazole rings is 1. The van der Waals surface area contributed by atoms with Gasteiger partial charge in [0.05, 0.1) is 18.5 Å². The molecule has 0 bridgehead atoms. The molecule has 26 heavy (non-hydrogen) atoms. The number of benzene rings is 2. The minimum absolute atomic E-state index is 0.488. The highest BCUT2D eigenvalue weighted by molar-refractivity contribution is 9.10. The first-order valence-electron chi connectivity index (χ1n) is 7.84. The Morgan fingerprint density at radius 1 is 1.27 bits per heavy atom. The van der Waals surface area contributed by atoms with E-state index in [0.29, 0.717) is 10.6 Å². The summed E-state index contributed by atoms with van der Waals surface area (Å²) in [4.78, 5) is 4.59. The molecule has 130 valence electrons. The van der Waals surface area contributed by atoms with Crippen LogP contribution < -0.4 is 10.1 Å². The average Bonchev–Trinajstić information content (AvgIpc) is 3.14. The minimum atomic E-state index is 0.488. The third-order valence-electron chi connectivity index (χ3n) is 3.74. The van der Waals surface area contributed by atoms with Crippen LogP contribution in [0.15, 0.2) is 58.5 Å². The maximum Gasteiger partial charge on any atom is 0.136 e. The van der Waals surface area contributed by atoms with Crippen LogP contribution in [0, 0.1) is 18.3 Å². The number of nitrogens with one attached hydrogen (secondary N) is 1. The van der Waals surface area contributed by atoms with Gasteiger partial charge in [-0.3, -0.25) is 0 Å². The maximum atomic E-state index is 9.50. The van der Waals surface area contributed by atoms with Gasteiger partial charge in [-0.25, -0.2) is 4.98 Å². The Hall–Kier alpha value is -2.62. The van der Waals surface area contributed by atoms with Crippen molar-refractivity contribution in [2.45, 2.75) is 6.92 Å². The first kappa shape index (κ1) is 18.2. The quantitative estimate of drug-likeness (QED) is 0.519. The highest BCUT2D eigenvalue weighted by Gasteiger charge is 2.09. The third kappa shape index (κ3) is 4.13. The molecule has 0 atom stereocenters. The second-order valence-corrected chi connectivity index (χ2v) is 7.28. The molecule has 0 unspecified atom stereocenters. The van der Waals surface area contributed by atoms with Gasteiger partial charge in [0.2, 0.25) is 0 Å². The zero-order chi connectivity index (χ0) is 18.5. The number of anilines is 1. The van der Waals surface area contributed by atoms with E-state index in [1.54, 1.807) is 13.3 Å². The van der Waals surface area contributed by atoms with E-state index in [2.05, 4.69) is 32.3 Å². The molecule has 0 amide bonds. The Morgan fingerprint density at radius 2 is 2.04 bits per heavy atom. The van der Waals surface area contributed by atoms with Gasteiger partial charge in [0.25, 0.3) is 0 Å². The van der Waals surface area contributed by atoms with Crippen molar-refractivity contribution in [1.29, 1.82) is 5.26 Å². The molecule has 6 heteroatoms. The van der Waals surface area contributed by atoms with Gasteiger partial charge >= 0.3 is 0 Å². The standard InChI is InChI=1S/C20H16BrN3OS/c1-13-3-8-18(17(21)9-13)23-11-15(10-22)20-24-19(12-26-20)14-4-6-16(25-2)7-5-14/h3-9,11-12,23H,1-2H3/b15-11+. The molecule has 4 nitrogen and oxygen atoms in total. The van der Waals surface area contributed by atoms with Gasteiger partial charge in [0.15, 0.2) is 0 Å². The van der Waals surface area contributed by atoms with E-state index in [9.17, 15) is 5.26 Å². The van der Waals surface area contributed by atoms with Crippen molar-refractivity contribution in [2.24, 2.45) is 0 Å². The Morgan fingerprint density at radius 3 is 2.69 bits per heavy atom.